The van der Waals surface area contributed by atoms with Crippen LogP contribution in [0.5, 0.6) is 0 Å². The third-order valence-electron chi connectivity index (χ3n) is 2.82. The van der Waals surface area contributed by atoms with Crippen LogP contribution in [0.1, 0.15) is 33.6 Å². The highest BCUT2D eigenvalue weighted by Gasteiger charge is 2.46. The Morgan fingerprint density at radius 3 is 2.46 bits per heavy atom. The van der Waals surface area contributed by atoms with Crippen molar-refractivity contribution in [2.75, 3.05) is 13.1 Å². The zero-order valence-electron chi connectivity index (χ0n) is 8.69. The molecule has 0 N–H and O–H groups in total. The van der Waals surface area contributed by atoms with Crippen molar-refractivity contribution in [2.45, 2.75) is 45.6 Å². The summed E-state index contributed by atoms with van der Waals surface area (Å²) < 4.78 is 27.0. The van der Waals surface area contributed by atoms with Crippen molar-refractivity contribution in [3.63, 3.8) is 0 Å². The summed E-state index contributed by atoms with van der Waals surface area (Å²) in [5, 5.41) is 0. The molecule has 1 unspecified atom stereocenters. The lowest BCUT2D eigenvalue weighted by atomic mass is 9.89. The molecule has 3 heteroatoms. The van der Waals surface area contributed by atoms with Gasteiger partial charge < -0.3 is 0 Å². The second kappa shape index (κ2) is 3.91. The average Bonchev–Trinajstić information content (AvgIpc) is 2.01. The second-order valence-corrected chi connectivity index (χ2v) is 4.18. The van der Waals surface area contributed by atoms with Crippen LogP contribution < -0.4 is 0 Å². The van der Waals surface area contributed by atoms with Crippen molar-refractivity contribution in [1.82, 2.24) is 4.90 Å². The van der Waals surface area contributed by atoms with Crippen molar-refractivity contribution >= 4 is 0 Å². The fourth-order valence-corrected chi connectivity index (χ4v) is 2.34. The van der Waals surface area contributed by atoms with E-state index in [2.05, 4.69) is 0 Å². The van der Waals surface area contributed by atoms with Gasteiger partial charge in [0.1, 0.15) is 0 Å². The van der Waals surface area contributed by atoms with Gasteiger partial charge in [-0.3, -0.25) is 4.90 Å². The number of nitrogens with zero attached hydrogens (tertiary/aromatic N) is 1. The molecule has 78 valence electrons. The summed E-state index contributed by atoms with van der Waals surface area (Å²) in [6.45, 7) is 7.28. The van der Waals surface area contributed by atoms with Gasteiger partial charge in [-0.1, -0.05) is 20.8 Å². The first-order valence-corrected chi connectivity index (χ1v) is 5.11. The van der Waals surface area contributed by atoms with Gasteiger partial charge in [0.2, 0.25) is 0 Å². The van der Waals surface area contributed by atoms with Crippen LogP contribution in [0.15, 0.2) is 0 Å². The van der Waals surface area contributed by atoms with E-state index in [9.17, 15) is 8.78 Å². The maximum Gasteiger partial charge on any atom is 0.263 e. The molecule has 0 aromatic carbocycles. The Balaban J connectivity index is 2.77. The predicted molar refractivity (Wildman–Crippen MR) is 50.1 cm³/mol. The van der Waals surface area contributed by atoms with E-state index in [1.165, 1.54) is 0 Å². The molecule has 1 nitrogen and oxygen atoms in total. The summed E-state index contributed by atoms with van der Waals surface area (Å²) in [6.07, 6.45) is 0.691. The fourth-order valence-electron chi connectivity index (χ4n) is 2.34. The van der Waals surface area contributed by atoms with Gasteiger partial charge in [-0.25, -0.2) is 8.78 Å². The van der Waals surface area contributed by atoms with Crippen LogP contribution in [0.2, 0.25) is 0 Å². The lowest BCUT2D eigenvalue weighted by Gasteiger charge is -2.42. The number of halogens is 2. The van der Waals surface area contributed by atoms with Crippen molar-refractivity contribution in [3.8, 4) is 0 Å². The number of rotatable bonds is 2. The molecule has 1 atom stereocenters. The molecule has 0 saturated carbocycles. The van der Waals surface area contributed by atoms with Crippen molar-refractivity contribution < 1.29 is 8.78 Å². The van der Waals surface area contributed by atoms with Crippen LogP contribution >= 0.6 is 0 Å². The highest BCUT2D eigenvalue weighted by Crippen LogP contribution is 2.36. The SMILES string of the molecule is CCN1CCCC(F)(F)C1C(C)C. The minimum Gasteiger partial charge on any atom is -0.295 e. The maximum absolute atomic E-state index is 13.5. The van der Waals surface area contributed by atoms with E-state index in [0.717, 1.165) is 13.1 Å². The molecular weight excluding hydrogens is 172 g/mol. The Morgan fingerprint density at radius 1 is 1.46 bits per heavy atom. The van der Waals surface area contributed by atoms with Gasteiger partial charge in [-0.2, -0.15) is 0 Å². The molecule has 0 spiro atoms. The number of hydrogen-bond acceptors (Lipinski definition) is 1. The van der Waals surface area contributed by atoms with Gasteiger partial charge in [-0.15, -0.1) is 0 Å². The van der Waals surface area contributed by atoms with Crippen molar-refractivity contribution in [3.05, 3.63) is 0 Å². The van der Waals surface area contributed by atoms with Gasteiger partial charge in [0.15, 0.2) is 0 Å². The Kier molecular flexibility index (Phi) is 3.28. The maximum atomic E-state index is 13.5. The molecule has 1 aliphatic rings. The van der Waals surface area contributed by atoms with Crippen molar-refractivity contribution in [1.29, 1.82) is 0 Å². The van der Waals surface area contributed by atoms with Crippen LogP contribution in [0.4, 0.5) is 8.78 Å². The van der Waals surface area contributed by atoms with E-state index in [1.54, 1.807) is 0 Å². The number of likely N-dealkylation sites (tertiary alicyclic amines) is 1. The Labute approximate surface area is 79.1 Å². The smallest absolute Gasteiger partial charge is 0.263 e. The normalized spacial score (nSPS) is 29.5. The van der Waals surface area contributed by atoms with Crippen LogP contribution in [0.3, 0.4) is 0 Å². The van der Waals surface area contributed by atoms with Crippen LogP contribution in [0.25, 0.3) is 0 Å². The molecule has 1 aliphatic heterocycles. The fraction of sp³-hybridized carbons (Fsp3) is 1.00. The van der Waals surface area contributed by atoms with Gasteiger partial charge in [0.05, 0.1) is 6.04 Å². The van der Waals surface area contributed by atoms with Gasteiger partial charge >= 0.3 is 0 Å². The van der Waals surface area contributed by atoms with Crippen LogP contribution in [-0.4, -0.2) is 30.0 Å². The topological polar surface area (TPSA) is 3.24 Å². The molecule has 1 fully saturated rings. The number of piperidine rings is 1. The molecule has 0 amide bonds. The van der Waals surface area contributed by atoms with E-state index >= 15 is 0 Å². The zero-order valence-corrected chi connectivity index (χ0v) is 8.69. The summed E-state index contributed by atoms with van der Waals surface area (Å²) in [5.74, 6) is -2.45. The summed E-state index contributed by atoms with van der Waals surface area (Å²) >= 11 is 0. The van der Waals surface area contributed by atoms with E-state index in [1.807, 2.05) is 25.7 Å². The van der Waals surface area contributed by atoms with Gasteiger partial charge in [-0.05, 0) is 25.4 Å². The largest absolute Gasteiger partial charge is 0.295 e. The quantitative estimate of drug-likeness (QED) is 0.648. The second-order valence-electron chi connectivity index (χ2n) is 4.18. The van der Waals surface area contributed by atoms with Crippen molar-refractivity contribution in [2.24, 2.45) is 5.92 Å². The molecule has 0 bridgehead atoms. The van der Waals surface area contributed by atoms with E-state index in [4.69, 9.17) is 0 Å². The molecule has 0 aromatic rings. The van der Waals surface area contributed by atoms with E-state index in [-0.39, 0.29) is 12.3 Å². The first-order valence-electron chi connectivity index (χ1n) is 5.11. The van der Waals surface area contributed by atoms with Crippen LogP contribution in [-0.2, 0) is 0 Å². The van der Waals surface area contributed by atoms with E-state index < -0.39 is 12.0 Å². The summed E-state index contributed by atoms with van der Waals surface area (Å²) in [4.78, 5) is 1.91. The molecule has 0 aromatic heterocycles. The third kappa shape index (κ3) is 2.19. The highest BCUT2D eigenvalue weighted by molar-refractivity contribution is 4.91. The summed E-state index contributed by atoms with van der Waals surface area (Å²) in [7, 11) is 0. The zero-order chi connectivity index (χ0) is 10.1. The number of alkyl halides is 2. The Bertz CT molecular complexity index is 168. The Morgan fingerprint density at radius 2 is 2.08 bits per heavy atom. The number of hydrogen-bond donors (Lipinski definition) is 0. The van der Waals surface area contributed by atoms with Crippen LogP contribution in [0, 0.1) is 5.92 Å². The first-order chi connectivity index (χ1) is 5.99. The molecule has 1 rings (SSSR count). The van der Waals surface area contributed by atoms with E-state index in [0.29, 0.717) is 6.42 Å². The molecule has 0 radical (unpaired) electrons. The minimum atomic E-state index is -2.48. The lowest BCUT2D eigenvalue weighted by Crippen LogP contribution is -2.54. The lowest BCUT2D eigenvalue weighted by molar-refractivity contribution is -0.126. The molecule has 13 heavy (non-hydrogen) atoms. The minimum absolute atomic E-state index is 0.0373. The molecule has 0 aliphatic carbocycles. The molecule has 1 saturated heterocycles. The predicted octanol–water partition coefficient (Wildman–Crippen LogP) is 2.76. The molecule has 1 heterocycles. The highest BCUT2D eigenvalue weighted by atomic mass is 19.3. The first kappa shape index (κ1) is 10.9. The third-order valence-corrected chi connectivity index (χ3v) is 2.82. The summed E-state index contributed by atoms with van der Waals surface area (Å²) in [6, 6.07) is -0.550. The average molecular weight is 191 g/mol. The van der Waals surface area contributed by atoms with Gasteiger partial charge in [0, 0.05) is 6.42 Å². The summed E-state index contributed by atoms with van der Waals surface area (Å²) in [5.41, 5.74) is 0. The Hall–Kier alpha value is -0.180. The standard InChI is InChI=1S/C10H19F2N/c1-4-13-7-5-6-10(11,12)9(13)8(2)3/h8-9H,4-7H2,1-3H3. The van der Waals surface area contributed by atoms with Gasteiger partial charge in [0.25, 0.3) is 5.92 Å². The molecular formula is C10H19F2N. The monoisotopic (exact) mass is 191 g/mol.